The number of rotatable bonds is 4. The molecule has 2 rings (SSSR count). The summed E-state index contributed by atoms with van der Waals surface area (Å²) >= 11 is 0. The van der Waals surface area contributed by atoms with Crippen LogP contribution in [0.4, 0.5) is 0 Å². The molecule has 0 unspecified atom stereocenters. The maximum atomic E-state index is 12.3. The van der Waals surface area contributed by atoms with E-state index >= 15 is 0 Å². The second-order valence-corrected chi connectivity index (χ2v) is 5.73. The molecule has 0 aromatic heterocycles. The van der Waals surface area contributed by atoms with E-state index in [9.17, 15) is 29.4 Å². The Bertz CT molecular complexity index is 942. The summed E-state index contributed by atoms with van der Waals surface area (Å²) in [6.07, 6.45) is 0. The number of nitrogens with zero attached hydrogens (tertiary/aromatic N) is 2. The average Bonchev–Trinajstić information content (AvgIpc) is 2.75. The van der Waals surface area contributed by atoms with Crippen molar-refractivity contribution in [1.82, 2.24) is 10.0 Å². The SMILES string of the molecule is COc1ccc(C(=O)N(N)C(=O)C(=O)N(N)C(=O)c2ccc(OC)cc2O)c(O)c1. The quantitative estimate of drug-likeness (QED) is 0.218. The number of hydrogen-bond donors (Lipinski definition) is 4. The number of nitrogens with two attached hydrogens (primary N) is 2. The number of benzene rings is 2. The molecule has 0 bridgehead atoms. The van der Waals surface area contributed by atoms with Crippen molar-refractivity contribution in [3.8, 4) is 23.0 Å². The molecule has 0 saturated carbocycles. The lowest BCUT2D eigenvalue weighted by molar-refractivity contribution is -0.149. The highest BCUT2D eigenvalue weighted by molar-refractivity contribution is 6.40. The number of imide groups is 2. The number of hydrogen-bond acceptors (Lipinski definition) is 10. The molecule has 158 valence electrons. The van der Waals surface area contributed by atoms with Crippen molar-refractivity contribution in [3.05, 3.63) is 47.5 Å². The number of phenolic OH excluding ortho intramolecular Hbond substituents is 2. The summed E-state index contributed by atoms with van der Waals surface area (Å²) in [5.74, 6) is 4.35. The molecule has 12 nitrogen and oxygen atoms in total. The van der Waals surface area contributed by atoms with E-state index in [0.717, 1.165) is 24.3 Å². The van der Waals surface area contributed by atoms with Gasteiger partial charge in [0.05, 0.1) is 25.3 Å². The smallest absolute Gasteiger partial charge is 0.335 e. The molecule has 0 atom stereocenters. The Morgan fingerprint density at radius 3 is 1.33 bits per heavy atom. The molecule has 0 fully saturated rings. The van der Waals surface area contributed by atoms with Gasteiger partial charge in [0.25, 0.3) is 11.8 Å². The second kappa shape index (κ2) is 8.89. The first kappa shape index (κ1) is 22.1. The maximum Gasteiger partial charge on any atom is 0.335 e. The Kier molecular flexibility index (Phi) is 6.56. The van der Waals surface area contributed by atoms with Crippen LogP contribution >= 0.6 is 0 Å². The van der Waals surface area contributed by atoms with Crippen molar-refractivity contribution in [3.63, 3.8) is 0 Å². The lowest BCUT2D eigenvalue weighted by Gasteiger charge is -2.19. The number of ether oxygens (including phenoxy) is 2. The lowest BCUT2D eigenvalue weighted by Crippen LogP contribution is -2.54. The second-order valence-electron chi connectivity index (χ2n) is 5.73. The van der Waals surface area contributed by atoms with Crippen LogP contribution in [0.1, 0.15) is 20.7 Å². The molecular weight excluding hydrogens is 400 g/mol. The van der Waals surface area contributed by atoms with Crippen LogP contribution < -0.4 is 21.2 Å². The number of carbonyl (C=O) groups excluding carboxylic acids is 4. The van der Waals surface area contributed by atoms with E-state index in [1.165, 1.54) is 26.4 Å². The first-order valence-electron chi connectivity index (χ1n) is 8.13. The van der Waals surface area contributed by atoms with Gasteiger partial charge < -0.3 is 19.7 Å². The topological polar surface area (TPSA) is 186 Å². The van der Waals surface area contributed by atoms with E-state index in [1.807, 2.05) is 0 Å². The lowest BCUT2D eigenvalue weighted by atomic mass is 10.1. The molecule has 0 saturated heterocycles. The van der Waals surface area contributed by atoms with Gasteiger partial charge in [-0.25, -0.2) is 21.7 Å². The van der Waals surface area contributed by atoms with Crippen LogP contribution in [-0.4, -0.2) is 58.1 Å². The summed E-state index contributed by atoms with van der Waals surface area (Å²) in [5.41, 5.74) is -0.802. The van der Waals surface area contributed by atoms with Crippen LogP contribution in [0.15, 0.2) is 36.4 Å². The number of carbonyl (C=O) groups is 4. The van der Waals surface area contributed by atoms with Crippen LogP contribution in [0.2, 0.25) is 0 Å². The molecule has 2 aromatic carbocycles. The van der Waals surface area contributed by atoms with Crippen molar-refractivity contribution in [2.75, 3.05) is 14.2 Å². The summed E-state index contributed by atoms with van der Waals surface area (Å²) < 4.78 is 9.75. The number of hydrazine groups is 2. The number of phenols is 2. The minimum Gasteiger partial charge on any atom is -0.507 e. The van der Waals surface area contributed by atoms with Crippen LogP contribution in [0.3, 0.4) is 0 Å². The van der Waals surface area contributed by atoms with Crippen molar-refractivity contribution in [1.29, 1.82) is 0 Å². The standard InChI is InChI=1S/C18H18N4O8/c1-29-9-3-5-11(13(23)7-9)15(25)21(19)17(27)18(28)22(20)16(26)12-6-4-10(30-2)8-14(12)24/h3-8,23-24H,19-20H2,1-2H3. The molecule has 0 radical (unpaired) electrons. The summed E-state index contributed by atoms with van der Waals surface area (Å²) in [7, 11) is 2.67. The van der Waals surface area contributed by atoms with E-state index in [1.54, 1.807) is 0 Å². The van der Waals surface area contributed by atoms with Gasteiger partial charge >= 0.3 is 11.8 Å². The molecule has 0 aliphatic carbocycles. The van der Waals surface area contributed by atoms with Crippen molar-refractivity contribution < 1.29 is 38.9 Å². The minimum atomic E-state index is -1.65. The Labute approximate surface area is 169 Å². The van der Waals surface area contributed by atoms with Crippen LogP contribution in [0.25, 0.3) is 0 Å². The van der Waals surface area contributed by atoms with Crippen LogP contribution in [-0.2, 0) is 9.59 Å². The fourth-order valence-electron chi connectivity index (χ4n) is 2.29. The van der Waals surface area contributed by atoms with Gasteiger partial charge in [-0.05, 0) is 24.3 Å². The normalized spacial score (nSPS) is 10.1. The zero-order chi connectivity index (χ0) is 22.6. The number of aromatic hydroxyl groups is 2. The van der Waals surface area contributed by atoms with Gasteiger partial charge in [0.2, 0.25) is 0 Å². The van der Waals surface area contributed by atoms with E-state index < -0.39 is 46.3 Å². The fraction of sp³-hybridized carbons (Fsp3) is 0.111. The number of amides is 4. The minimum absolute atomic E-state index is 0.106. The monoisotopic (exact) mass is 418 g/mol. The average molecular weight is 418 g/mol. The summed E-state index contributed by atoms with van der Waals surface area (Å²) in [6, 6.07) is 7.07. The van der Waals surface area contributed by atoms with Gasteiger partial charge in [-0.15, -0.1) is 0 Å². The largest absolute Gasteiger partial charge is 0.507 e. The van der Waals surface area contributed by atoms with E-state index in [0.29, 0.717) is 0 Å². The Morgan fingerprint density at radius 1 is 0.733 bits per heavy atom. The van der Waals surface area contributed by atoms with Crippen LogP contribution in [0, 0.1) is 0 Å². The Balaban J connectivity index is 2.20. The summed E-state index contributed by atoms with van der Waals surface area (Å²) in [5, 5.41) is 19.5. The van der Waals surface area contributed by atoms with Gasteiger partial charge in [-0.3, -0.25) is 19.2 Å². The van der Waals surface area contributed by atoms with Gasteiger partial charge in [0.1, 0.15) is 23.0 Å². The third-order valence-electron chi connectivity index (χ3n) is 3.93. The van der Waals surface area contributed by atoms with Gasteiger partial charge in [0, 0.05) is 12.1 Å². The molecule has 2 aromatic rings. The van der Waals surface area contributed by atoms with E-state index in [2.05, 4.69) is 0 Å². The first-order valence-corrected chi connectivity index (χ1v) is 8.13. The molecule has 12 heteroatoms. The van der Waals surface area contributed by atoms with Gasteiger partial charge in [-0.1, -0.05) is 0 Å². The highest BCUT2D eigenvalue weighted by Crippen LogP contribution is 2.25. The Morgan fingerprint density at radius 2 is 1.07 bits per heavy atom. The predicted molar refractivity (Wildman–Crippen MR) is 100 cm³/mol. The fourth-order valence-corrected chi connectivity index (χ4v) is 2.29. The van der Waals surface area contributed by atoms with Crippen molar-refractivity contribution in [2.24, 2.45) is 11.7 Å². The zero-order valence-corrected chi connectivity index (χ0v) is 15.9. The number of methoxy groups -OCH3 is 2. The van der Waals surface area contributed by atoms with Crippen LogP contribution in [0.5, 0.6) is 23.0 Å². The predicted octanol–water partition coefficient (Wildman–Crippen LogP) is -0.500. The zero-order valence-electron chi connectivity index (χ0n) is 15.9. The van der Waals surface area contributed by atoms with E-state index in [4.69, 9.17) is 21.2 Å². The third kappa shape index (κ3) is 4.29. The molecule has 0 aliphatic heterocycles. The Hall–Kier alpha value is -4.16. The molecule has 4 amide bonds. The molecule has 0 aliphatic rings. The molecular formula is C18H18N4O8. The van der Waals surface area contributed by atoms with Crippen molar-refractivity contribution >= 4 is 23.6 Å². The summed E-state index contributed by atoms with van der Waals surface area (Å²) in [4.78, 5) is 49.1. The maximum absolute atomic E-state index is 12.3. The first-order chi connectivity index (χ1) is 14.1. The van der Waals surface area contributed by atoms with Gasteiger partial charge in [0.15, 0.2) is 0 Å². The molecule has 0 spiro atoms. The van der Waals surface area contributed by atoms with Crippen molar-refractivity contribution in [2.45, 2.75) is 0 Å². The highest BCUT2D eigenvalue weighted by atomic mass is 16.5. The molecule has 6 N–H and O–H groups in total. The molecule has 30 heavy (non-hydrogen) atoms. The highest BCUT2D eigenvalue weighted by Gasteiger charge is 2.33. The van der Waals surface area contributed by atoms with Gasteiger partial charge in [-0.2, -0.15) is 0 Å². The van der Waals surface area contributed by atoms with E-state index in [-0.39, 0.29) is 21.5 Å². The summed E-state index contributed by atoms with van der Waals surface area (Å²) in [6.45, 7) is 0. The third-order valence-corrected chi connectivity index (χ3v) is 3.93. The molecule has 0 heterocycles.